The molecule has 0 aliphatic rings. The molecule has 0 fully saturated rings. The normalized spacial score (nSPS) is 10.9. The van der Waals surface area contributed by atoms with Crippen LogP contribution < -0.4 is 5.32 Å². The summed E-state index contributed by atoms with van der Waals surface area (Å²) < 4.78 is 0. The molecule has 0 atom stereocenters. The highest BCUT2D eigenvalue weighted by molar-refractivity contribution is 7.14. The van der Waals surface area contributed by atoms with Gasteiger partial charge in [0.25, 0.3) is 0 Å². The Hall–Kier alpha value is -2.86. The SMILES string of the molecule is Cc1ccc2ncnc(NCc3nnc(-c4ccccc4)s3)c2c1. The maximum absolute atomic E-state index is 4.36. The van der Waals surface area contributed by atoms with Gasteiger partial charge in [-0.05, 0) is 19.1 Å². The molecule has 1 N–H and O–H groups in total. The van der Waals surface area contributed by atoms with Crippen molar-refractivity contribution >= 4 is 28.1 Å². The first-order chi connectivity index (χ1) is 11.8. The number of benzene rings is 2. The van der Waals surface area contributed by atoms with E-state index in [-0.39, 0.29) is 0 Å². The average Bonchev–Trinajstić information content (AvgIpc) is 3.10. The fraction of sp³-hybridized carbons (Fsp3) is 0.111. The van der Waals surface area contributed by atoms with Crippen molar-refractivity contribution in [3.8, 4) is 10.6 Å². The summed E-state index contributed by atoms with van der Waals surface area (Å²) in [6.07, 6.45) is 1.58. The van der Waals surface area contributed by atoms with Gasteiger partial charge in [0.15, 0.2) is 0 Å². The standard InChI is InChI=1S/C18H15N5S/c1-12-7-8-15-14(9-12)17(21-11-20-15)19-10-16-22-23-18(24-16)13-5-3-2-4-6-13/h2-9,11H,10H2,1H3,(H,19,20,21). The van der Waals surface area contributed by atoms with Gasteiger partial charge in [-0.1, -0.05) is 53.3 Å². The first-order valence-electron chi connectivity index (χ1n) is 7.62. The molecule has 4 rings (SSSR count). The van der Waals surface area contributed by atoms with E-state index >= 15 is 0 Å². The number of fused-ring (bicyclic) bond motifs is 1. The van der Waals surface area contributed by atoms with Crippen molar-refractivity contribution in [2.24, 2.45) is 0 Å². The van der Waals surface area contributed by atoms with Crippen LogP contribution in [-0.4, -0.2) is 20.2 Å². The predicted octanol–water partition coefficient (Wildman–Crippen LogP) is 4.07. The molecule has 0 saturated heterocycles. The van der Waals surface area contributed by atoms with Gasteiger partial charge in [0.1, 0.15) is 22.2 Å². The number of aromatic nitrogens is 4. The number of nitrogens with one attached hydrogen (secondary N) is 1. The lowest BCUT2D eigenvalue weighted by molar-refractivity contribution is 0.985. The molecule has 24 heavy (non-hydrogen) atoms. The van der Waals surface area contributed by atoms with Crippen LogP contribution in [0.4, 0.5) is 5.82 Å². The van der Waals surface area contributed by atoms with Crippen LogP contribution in [0.15, 0.2) is 54.9 Å². The Labute approximate surface area is 143 Å². The van der Waals surface area contributed by atoms with E-state index in [2.05, 4.69) is 44.5 Å². The Morgan fingerprint density at radius 3 is 2.75 bits per heavy atom. The number of hydrogen-bond donors (Lipinski definition) is 1. The van der Waals surface area contributed by atoms with Crippen molar-refractivity contribution in [3.05, 3.63) is 65.4 Å². The molecule has 4 aromatic rings. The topological polar surface area (TPSA) is 63.6 Å². The number of hydrogen-bond acceptors (Lipinski definition) is 6. The Morgan fingerprint density at radius 1 is 1.00 bits per heavy atom. The van der Waals surface area contributed by atoms with Gasteiger partial charge in [-0.3, -0.25) is 0 Å². The molecular formula is C18H15N5S. The molecule has 5 nitrogen and oxygen atoms in total. The summed E-state index contributed by atoms with van der Waals surface area (Å²) in [6, 6.07) is 16.2. The smallest absolute Gasteiger partial charge is 0.147 e. The first kappa shape index (κ1) is 14.7. The number of nitrogens with zero attached hydrogens (tertiary/aromatic N) is 4. The summed E-state index contributed by atoms with van der Waals surface area (Å²) in [5.41, 5.74) is 3.20. The molecule has 2 aromatic heterocycles. The molecule has 118 valence electrons. The zero-order valence-corrected chi connectivity index (χ0v) is 13.9. The van der Waals surface area contributed by atoms with E-state index in [4.69, 9.17) is 0 Å². The van der Waals surface area contributed by atoms with E-state index in [0.717, 1.165) is 32.3 Å². The second-order valence-electron chi connectivity index (χ2n) is 5.46. The van der Waals surface area contributed by atoms with Crippen LogP contribution in [0.5, 0.6) is 0 Å². The minimum absolute atomic E-state index is 0.588. The van der Waals surface area contributed by atoms with Gasteiger partial charge in [-0.15, -0.1) is 10.2 Å². The van der Waals surface area contributed by atoms with E-state index < -0.39 is 0 Å². The van der Waals surface area contributed by atoms with E-state index in [9.17, 15) is 0 Å². The van der Waals surface area contributed by atoms with Crippen molar-refractivity contribution in [3.63, 3.8) is 0 Å². The summed E-state index contributed by atoms with van der Waals surface area (Å²) in [5, 5.41) is 14.8. The monoisotopic (exact) mass is 333 g/mol. The molecule has 0 amide bonds. The zero-order valence-electron chi connectivity index (χ0n) is 13.1. The molecule has 2 heterocycles. The Bertz CT molecular complexity index is 981. The van der Waals surface area contributed by atoms with Crippen LogP contribution in [0.3, 0.4) is 0 Å². The highest BCUT2D eigenvalue weighted by Crippen LogP contribution is 2.25. The largest absolute Gasteiger partial charge is 0.363 e. The lowest BCUT2D eigenvalue weighted by Crippen LogP contribution is -2.02. The van der Waals surface area contributed by atoms with Crippen molar-refractivity contribution in [1.82, 2.24) is 20.2 Å². The van der Waals surface area contributed by atoms with Gasteiger partial charge in [0.05, 0.1) is 12.1 Å². The maximum Gasteiger partial charge on any atom is 0.147 e. The van der Waals surface area contributed by atoms with Gasteiger partial charge >= 0.3 is 0 Å². The van der Waals surface area contributed by atoms with E-state index in [0.29, 0.717) is 6.54 Å². The van der Waals surface area contributed by atoms with E-state index in [1.165, 1.54) is 5.56 Å². The van der Waals surface area contributed by atoms with Crippen LogP contribution in [0.1, 0.15) is 10.6 Å². The van der Waals surface area contributed by atoms with Crippen LogP contribution in [0, 0.1) is 6.92 Å². The van der Waals surface area contributed by atoms with Crippen LogP contribution in [0.2, 0.25) is 0 Å². The summed E-state index contributed by atoms with van der Waals surface area (Å²) in [5.74, 6) is 0.820. The highest BCUT2D eigenvalue weighted by Gasteiger charge is 2.08. The van der Waals surface area contributed by atoms with Gasteiger partial charge in [-0.2, -0.15) is 0 Å². The minimum atomic E-state index is 0.588. The van der Waals surface area contributed by atoms with Gasteiger partial charge in [0, 0.05) is 10.9 Å². The van der Waals surface area contributed by atoms with Crippen molar-refractivity contribution < 1.29 is 0 Å². The molecule has 6 heteroatoms. The third-order valence-electron chi connectivity index (χ3n) is 3.69. The lowest BCUT2D eigenvalue weighted by Gasteiger charge is -2.07. The van der Waals surface area contributed by atoms with Crippen molar-refractivity contribution in [1.29, 1.82) is 0 Å². The fourth-order valence-electron chi connectivity index (χ4n) is 2.49. The van der Waals surface area contributed by atoms with Gasteiger partial charge < -0.3 is 5.32 Å². The Morgan fingerprint density at radius 2 is 1.88 bits per heavy atom. The summed E-state index contributed by atoms with van der Waals surface area (Å²) >= 11 is 1.59. The van der Waals surface area contributed by atoms with Crippen LogP contribution in [0.25, 0.3) is 21.5 Å². The van der Waals surface area contributed by atoms with Crippen LogP contribution >= 0.6 is 11.3 Å². The quantitative estimate of drug-likeness (QED) is 0.610. The average molecular weight is 333 g/mol. The van der Waals surface area contributed by atoms with Crippen molar-refractivity contribution in [2.45, 2.75) is 13.5 Å². The van der Waals surface area contributed by atoms with E-state index in [1.54, 1.807) is 17.7 Å². The molecule has 2 aromatic carbocycles. The van der Waals surface area contributed by atoms with E-state index in [1.807, 2.05) is 36.4 Å². The zero-order chi connectivity index (χ0) is 16.4. The van der Waals surface area contributed by atoms with Crippen molar-refractivity contribution in [2.75, 3.05) is 5.32 Å². The Balaban J connectivity index is 1.56. The third kappa shape index (κ3) is 2.96. The third-order valence-corrected chi connectivity index (χ3v) is 4.66. The second-order valence-corrected chi connectivity index (χ2v) is 6.53. The number of rotatable bonds is 4. The highest BCUT2D eigenvalue weighted by atomic mass is 32.1. The first-order valence-corrected chi connectivity index (χ1v) is 8.44. The molecular weight excluding hydrogens is 318 g/mol. The van der Waals surface area contributed by atoms with Crippen LogP contribution in [-0.2, 0) is 6.54 Å². The lowest BCUT2D eigenvalue weighted by atomic mass is 10.1. The molecule has 0 saturated carbocycles. The molecule has 0 aliphatic heterocycles. The number of anilines is 1. The summed E-state index contributed by atoms with van der Waals surface area (Å²) in [7, 11) is 0. The fourth-order valence-corrected chi connectivity index (χ4v) is 3.28. The molecule has 0 bridgehead atoms. The summed E-state index contributed by atoms with van der Waals surface area (Å²) in [6.45, 7) is 2.65. The molecule has 0 radical (unpaired) electrons. The molecule has 0 aliphatic carbocycles. The predicted molar refractivity (Wildman–Crippen MR) is 96.9 cm³/mol. The maximum atomic E-state index is 4.36. The summed E-state index contributed by atoms with van der Waals surface area (Å²) in [4.78, 5) is 8.67. The Kier molecular flexibility index (Phi) is 3.88. The molecule has 0 unspecified atom stereocenters. The minimum Gasteiger partial charge on any atom is -0.363 e. The molecule has 0 spiro atoms. The van der Waals surface area contributed by atoms with Gasteiger partial charge in [0.2, 0.25) is 0 Å². The number of aryl methyl sites for hydroxylation is 1. The second kappa shape index (κ2) is 6.33. The van der Waals surface area contributed by atoms with Gasteiger partial charge in [-0.25, -0.2) is 9.97 Å².